The van der Waals surface area contributed by atoms with E-state index in [4.69, 9.17) is 0 Å². The van der Waals surface area contributed by atoms with E-state index >= 15 is 0 Å². The molecule has 0 nitrogen and oxygen atoms in total. The van der Waals surface area contributed by atoms with Crippen LogP contribution in [0.15, 0.2) is 48.6 Å². The molecule has 0 amide bonds. The smallest absolute Gasteiger partial charge is 0 e. The van der Waals surface area contributed by atoms with Crippen LogP contribution in [0.2, 0.25) is 0 Å². The second-order valence-electron chi connectivity index (χ2n) is 3.98. The van der Waals surface area contributed by atoms with Crippen molar-refractivity contribution in [3.63, 3.8) is 0 Å². The van der Waals surface area contributed by atoms with Crippen molar-refractivity contribution in [2.75, 3.05) is 0 Å². The zero-order valence-corrected chi connectivity index (χ0v) is 14.0. The maximum Gasteiger partial charge on any atom is 0 e. The van der Waals surface area contributed by atoms with Gasteiger partial charge in [0.1, 0.15) is 0 Å². The molecule has 0 aliphatic heterocycles. The Morgan fingerprint density at radius 1 is 0.941 bits per heavy atom. The molecule has 0 aromatic heterocycles. The molecule has 0 aromatic carbocycles. The Morgan fingerprint density at radius 3 is 1.47 bits per heavy atom. The third-order valence-electron chi connectivity index (χ3n) is 3.20. The van der Waals surface area contributed by atoms with Crippen LogP contribution in [-0.4, -0.2) is 0 Å². The summed E-state index contributed by atoms with van der Waals surface area (Å²) in [6, 6.07) is 0. The van der Waals surface area contributed by atoms with Crippen molar-refractivity contribution in [3.8, 4) is 0 Å². The second-order valence-corrected chi connectivity index (χ2v) is 3.98. The Morgan fingerprint density at radius 2 is 1.35 bits per heavy atom. The molecule has 1 aliphatic carbocycles. The van der Waals surface area contributed by atoms with Crippen LogP contribution in [-0.2, 0) is 20.1 Å². The quantitative estimate of drug-likeness (QED) is 0.445. The van der Waals surface area contributed by atoms with E-state index in [-0.39, 0.29) is 20.1 Å². The van der Waals surface area contributed by atoms with Gasteiger partial charge in [-0.05, 0) is 0 Å². The molecular formula is C16H23Ir-. The predicted octanol–water partition coefficient (Wildman–Crippen LogP) is 5.03. The van der Waals surface area contributed by atoms with E-state index in [1.165, 1.54) is 28.9 Å². The Hall–Kier alpha value is -0.521. The van der Waals surface area contributed by atoms with Crippen molar-refractivity contribution in [1.82, 2.24) is 0 Å². The van der Waals surface area contributed by atoms with Crippen LogP contribution in [0.1, 0.15) is 34.6 Å². The molecule has 97 valence electrons. The summed E-state index contributed by atoms with van der Waals surface area (Å²) in [6.45, 7) is 17.9. The van der Waals surface area contributed by atoms with E-state index < -0.39 is 0 Å². The molecule has 0 unspecified atom stereocenters. The van der Waals surface area contributed by atoms with Gasteiger partial charge in [-0.3, -0.25) is 0 Å². The Bertz CT molecular complexity index is 269. The topological polar surface area (TPSA) is 0 Å². The van der Waals surface area contributed by atoms with Crippen LogP contribution in [0.5, 0.6) is 0 Å². The molecule has 0 atom stereocenters. The standard InChI is InChI=1S/C10H15.C6H8.Ir/c1-6-7(2)9(4)10(5)8(6)3;1-3-5-6-4-2;/h1-5H3;3-6H,1-2H2;/q-1;;/b;6-5-;. The minimum atomic E-state index is 0. The first-order valence-corrected chi connectivity index (χ1v) is 5.57. The summed E-state index contributed by atoms with van der Waals surface area (Å²) < 4.78 is 0. The van der Waals surface area contributed by atoms with Crippen molar-refractivity contribution >= 4 is 0 Å². The molecule has 0 bridgehead atoms. The Balaban J connectivity index is 0. The fourth-order valence-corrected chi connectivity index (χ4v) is 1.56. The van der Waals surface area contributed by atoms with E-state index in [2.05, 4.69) is 47.8 Å². The molecule has 0 fully saturated rings. The molecular weight excluding hydrogens is 384 g/mol. The maximum atomic E-state index is 3.46. The van der Waals surface area contributed by atoms with E-state index in [1.54, 1.807) is 12.2 Å². The van der Waals surface area contributed by atoms with Crippen LogP contribution in [0.4, 0.5) is 0 Å². The van der Waals surface area contributed by atoms with E-state index in [1.807, 2.05) is 12.2 Å². The fourth-order valence-electron chi connectivity index (χ4n) is 1.56. The molecule has 3 radical (unpaired) electrons. The zero-order valence-electron chi connectivity index (χ0n) is 11.6. The molecule has 1 heteroatoms. The molecule has 17 heavy (non-hydrogen) atoms. The summed E-state index contributed by atoms with van der Waals surface area (Å²) in [5.74, 6) is 4.40. The summed E-state index contributed by atoms with van der Waals surface area (Å²) in [6.07, 6.45) is 7.07. The molecule has 1 rings (SSSR count). The third kappa shape index (κ3) is 5.57. The van der Waals surface area contributed by atoms with Crippen LogP contribution < -0.4 is 0 Å². The van der Waals surface area contributed by atoms with Crippen molar-refractivity contribution in [3.05, 3.63) is 66.4 Å². The van der Waals surface area contributed by atoms with E-state index in [9.17, 15) is 0 Å². The van der Waals surface area contributed by atoms with E-state index in [0.29, 0.717) is 0 Å². The molecule has 0 saturated carbocycles. The van der Waals surface area contributed by atoms with Gasteiger partial charge in [0.15, 0.2) is 0 Å². The number of allylic oxidation sites excluding steroid dienone is 6. The van der Waals surface area contributed by atoms with Gasteiger partial charge in [-0.25, -0.2) is 17.1 Å². The molecule has 1 aliphatic rings. The summed E-state index contributed by atoms with van der Waals surface area (Å²) in [7, 11) is 0. The van der Waals surface area contributed by atoms with Crippen LogP contribution >= 0.6 is 0 Å². The zero-order chi connectivity index (χ0) is 12.7. The van der Waals surface area contributed by atoms with Gasteiger partial charge in [0.05, 0.1) is 0 Å². The van der Waals surface area contributed by atoms with Gasteiger partial charge in [-0.15, -0.1) is 13.8 Å². The van der Waals surface area contributed by atoms with E-state index in [0.717, 1.165) is 0 Å². The first kappa shape index (κ1) is 18.8. The van der Waals surface area contributed by atoms with Crippen molar-refractivity contribution < 1.29 is 20.1 Å². The summed E-state index contributed by atoms with van der Waals surface area (Å²) in [5.41, 5.74) is 2.94. The first-order chi connectivity index (χ1) is 7.47. The van der Waals surface area contributed by atoms with Gasteiger partial charge in [0.25, 0.3) is 0 Å². The van der Waals surface area contributed by atoms with Crippen molar-refractivity contribution in [2.24, 2.45) is 0 Å². The summed E-state index contributed by atoms with van der Waals surface area (Å²) in [4.78, 5) is 0. The van der Waals surface area contributed by atoms with Gasteiger partial charge in [0.2, 0.25) is 0 Å². The average Bonchev–Trinajstić information content (AvgIpc) is 2.46. The summed E-state index contributed by atoms with van der Waals surface area (Å²) >= 11 is 0. The van der Waals surface area contributed by atoms with Crippen LogP contribution in [0, 0.1) is 17.8 Å². The van der Waals surface area contributed by atoms with Crippen LogP contribution in [0.25, 0.3) is 0 Å². The average molecular weight is 408 g/mol. The number of hydrogen-bond donors (Lipinski definition) is 0. The van der Waals surface area contributed by atoms with Gasteiger partial charge >= 0.3 is 0 Å². The van der Waals surface area contributed by atoms with Crippen molar-refractivity contribution in [2.45, 2.75) is 34.6 Å². The summed E-state index contributed by atoms with van der Waals surface area (Å²) in [5, 5.41) is 0. The van der Waals surface area contributed by atoms with Crippen molar-refractivity contribution in [1.29, 1.82) is 0 Å². The largest absolute Gasteiger partial charge is 0.213 e. The van der Waals surface area contributed by atoms with Gasteiger partial charge in [-0.2, -0.15) is 0 Å². The molecule has 0 spiro atoms. The number of hydrogen-bond acceptors (Lipinski definition) is 0. The fraction of sp³-hybridized carbons (Fsp3) is 0.312. The first-order valence-electron chi connectivity index (χ1n) is 5.57. The maximum absolute atomic E-state index is 3.46. The second kappa shape index (κ2) is 9.50. The van der Waals surface area contributed by atoms with Crippen LogP contribution in [0.3, 0.4) is 0 Å². The minimum Gasteiger partial charge on any atom is -0.213 e. The monoisotopic (exact) mass is 408 g/mol. The molecule has 0 heterocycles. The SMILES string of the molecule is C=C/C=C\C=C.C[C]1[C](C)[C-](C)C(C)=C1C.[Ir]. The van der Waals surface area contributed by atoms with Gasteiger partial charge in [-0.1, -0.05) is 70.1 Å². The molecule has 0 aromatic rings. The molecule has 0 saturated heterocycles. The third-order valence-corrected chi connectivity index (χ3v) is 3.20. The normalized spacial score (nSPS) is 16.6. The Labute approximate surface area is 121 Å². The predicted molar refractivity (Wildman–Crippen MR) is 74.7 cm³/mol. The Kier molecular flexibility index (Phi) is 10.5. The van der Waals surface area contributed by atoms with Gasteiger partial charge < -0.3 is 0 Å². The number of rotatable bonds is 2. The van der Waals surface area contributed by atoms with Gasteiger partial charge in [0, 0.05) is 20.1 Å². The molecule has 0 N–H and O–H groups in total. The minimum absolute atomic E-state index is 0.